The second kappa shape index (κ2) is 7.89. The van der Waals surface area contributed by atoms with E-state index >= 15 is 0 Å². The molecule has 1 nitrogen and oxygen atoms in total. The van der Waals surface area contributed by atoms with Gasteiger partial charge < -0.3 is 4.43 Å². The summed E-state index contributed by atoms with van der Waals surface area (Å²) in [6.07, 6.45) is 12.3. The predicted octanol–water partition coefficient (Wildman–Crippen LogP) is 4.53. The van der Waals surface area contributed by atoms with Gasteiger partial charge in [0.1, 0.15) is 0 Å². The molecule has 1 atom stereocenters. The second-order valence-electron chi connectivity index (χ2n) is 4.72. The maximum Gasteiger partial charge on any atom is 0.184 e. The lowest BCUT2D eigenvalue weighted by Crippen LogP contribution is -2.30. The summed E-state index contributed by atoms with van der Waals surface area (Å²) in [6.45, 7) is 11.0. The number of rotatable bonds is 7. The van der Waals surface area contributed by atoms with Gasteiger partial charge in [-0.2, -0.15) is 0 Å². The third-order valence-corrected chi connectivity index (χ3v) is 2.87. The highest BCUT2D eigenvalue weighted by Gasteiger charge is 2.18. The Balaban J connectivity index is 4.18. The molecule has 0 aromatic heterocycles. The zero-order valence-corrected chi connectivity index (χ0v) is 11.9. The Kier molecular flexibility index (Phi) is 7.70. The molecule has 0 saturated heterocycles. The number of allylic oxidation sites excluding steroid dienone is 2. The van der Waals surface area contributed by atoms with Crippen molar-refractivity contribution < 1.29 is 4.43 Å². The van der Waals surface area contributed by atoms with E-state index in [-0.39, 0.29) is 6.10 Å². The molecule has 0 aromatic rings. The molecule has 88 valence electrons. The highest BCUT2D eigenvalue weighted by molar-refractivity contribution is 6.69. The zero-order valence-electron chi connectivity index (χ0n) is 10.9. The molecule has 1 unspecified atom stereocenters. The number of hydrogen-bond donors (Lipinski definition) is 0. The zero-order chi connectivity index (χ0) is 11.7. The molecule has 0 spiro atoms. The van der Waals surface area contributed by atoms with Crippen LogP contribution in [0.1, 0.15) is 33.1 Å². The SMILES string of the molecule is CCC=CCC(C=CCC)O[Si](C)(C)C. The summed E-state index contributed by atoms with van der Waals surface area (Å²) in [4.78, 5) is 0. The summed E-state index contributed by atoms with van der Waals surface area (Å²) in [6, 6.07) is 0. The van der Waals surface area contributed by atoms with Crippen LogP contribution in [0.25, 0.3) is 0 Å². The lowest BCUT2D eigenvalue weighted by atomic mass is 10.2. The fourth-order valence-corrected chi connectivity index (χ4v) is 2.39. The minimum atomic E-state index is -1.42. The van der Waals surface area contributed by atoms with E-state index in [9.17, 15) is 0 Å². The molecule has 0 N–H and O–H groups in total. The Labute approximate surface area is 96.4 Å². The van der Waals surface area contributed by atoms with Gasteiger partial charge in [-0.15, -0.1) is 0 Å². The van der Waals surface area contributed by atoms with E-state index in [1.165, 1.54) is 0 Å². The first-order valence-corrected chi connectivity index (χ1v) is 9.40. The normalized spacial score (nSPS) is 15.3. The van der Waals surface area contributed by atoms with Crippen LogP contribution in [-0.2, 0) is 4.43 Å². The maximum atomic E-state index is 6.09. The minimum Gasteiger partial charge on any atom is -0.411 e. The van der Waals surface area contributed by atoms with E-state index in [4.69, 9.17) is 4.43 Å². The maximum absolute atomic E-state index is 6.09. The van der Waals surface area contributed by atoms with E-state index < -0.39 is 8.32 Å². The van der Waals surface area contributed by atoms with Crippen molar-refractivity contribution in [2.24, 2.45) is 0 Å². The molecular weight excluding hydrogens is 200 g/mol. The lowest BCUT2D eigenvalue weighted by Gasteiger charge is -2.23. The van der Waals surface area contributed by atoms with Crippen molar-refractivity contribution in [2.75, 3.05) is 0 Å². The van der Waals surface area contributed by atoms with Gasteiger partial charge in [-0.1, -0.05) is 38.2 Å². The quantitative estimate of drug-likeness (QED) is 0.458. The molecule has 0 aliphatic carbocycles. The van der Waals surface area contributed by atoms with Crippen molar-refractivity contribution in [3.05, 3.63) is 24.3 Å². The Hall–Kier alpha value is -0.343. The molecule has 0 aliphatic rings. The van der Waals surface area contributed by atoms with E-state index in [2.05, 4.69) is 57.8 Å². The van der Waals surface area contributed by atoms with Gasteiger partial charge in [0.25, 0.3) is 0 Å². The molecule has 0 radical (unpaired) electrons. The number of hydrogen-bond acceptors (Lipinski definition) is 1. The topological polar surface area (TPSA) is 9.23 Å². The van der Waals surface area contributed by atoms with Crippen LogP contribution >= 0.6 is 0 Å². The van der Waals surface area contributed by atoms with Crippen LogP contribution in [0.2, 0.25) is 19.6 Å². The monoisotopic (exact) mass is 226 g/mol. The molecular formula is C13H26OSi. The van der Waals surface area contributed by atoms with Crippen LogP contribution in [0.4, 0.5) is 0 Å². The van der Waals surface area contributed by atoms with Crippen molar-refractivity contribution in [2.45, 2.75) is 58.9 Å². The summed E-state index contributed by atoms with van der Waals surface area (Å²) in [5.41, 5.74) is 0. The standard InChI is InChI=1S/C13H26OSi/c1-6-8-10-12-13(11-9-7-2)14-15(3,4)5/h8-11,13H,6-7,12H2,1-5H3. The Morgan fingerprint density at radius 2 is 1.60 bits per heavy atom. The fourth-order valence-electron chi connectivity index (χ4n) is 1.30. The lowest BCUT2D eigenvalue weighted by molar-refractivity contribution is 0.245. The smallest absolute Gasteiger partial charge is 0.184 e. The Bertz CT molecular complexity index is 201. The van der Waals surface area contributed by atoms with Gasteiger partial charge in [-0.25, -0.2) is 0 Å². The first-order valence-electron chi connectivity index (χ1n) is 5.99. The molecule has 15 heavy (non-hydrogen) atoms. The van der Waals surface area contributed by atoms with Crippen LogP contribution < -0.4 is 0 Å². The van der Waals surface area contributed by atoms with E-state index in [0.717, 1.165) is 19.3 Å². The van der Waals surface area contributed by atoms with Crippen molar-refractivity contribution in [3.63, 3.8) is 0 Å². The average Bonchev–Trinajstić information content (AvgIpc) is 2.12. The van der Waals surface area contributed by atoms with E-state index in [1.54, 1.807) is 0 Å². The Morgan fingerprint density at radius 3 is 2.07 bits per heavy atom. The highest BCUT2D eigenvalue weighted by Crippen LogP contribution is 2.12. The summed E-state index contributed by atoms with van der Waals surface area (Å²) < 4.78 is 6.09. The van der Waals surface area contributed by atoms with E-state index in [1.807, 2.05) is 0 Å². The van der Waals surface area contributed by atoms with Crippen LogP contribution in [0, 0.1) is 0 Å². The molecule has 0 saturated carbocycles. The van der Waals surface area contributed by atoms with Gasteiger partial charge in [0, 0.05) is 0 Å². The van der Waals surface area contributed by atoms with Gasteiger partial charge in [0.15, 0.2) is 8.32 Å². The third-order valence-electron chi connectivity index (χ3n) is 1.86. The fraction of sp³-hybridized carbons (Fsp3) is 0.692. The molecule has 2 heteroatoms. The minimum absolute atomic E-state index is 0.277. The van der Waals surface area contributed by atoms with Crippen LogP contribution in [-0.4, -0.2) is 14.4 Å². The molecule has 0 heterocycles. The molecule has 0 rings (SSSR count). The third kappa shape index (κ3) is 9.95. The van der Waals surface area contributed by atoms with Crippen LogP contribution in [0.15, 0.2) is 24.3 Å². The average molecular weight is 226 g/mol. The van der Waals surface area contributed by atoms with Crippen molar-refractivity contribution in [1.82, 2.24) is 0 Å². The molecule has 0 fully saturated rings. The molecule has 0 aromatic carbocycles. The van der Waals surface area contributed by atoms with Gasteiger partial charge in [-0.3, -0.25) is 0 Å². The predicted molar refractivity (Wildman–Crippen MR) is 71.7 cm³/mol. The largest absolute Gasteiger partial charge is 0.411 e. The Morgan fingerprint density at radius 1 is 1.00 bits per heavy atom. The van der Waals surface area contributed by atoms with Crippen molar-refractivity contribution >= 4 is 8.32 Å². The second-order valence-corrected chi connectivity index (χ2v) is 9.18. The molecule has 0 aliphatic heterocycles. The van der Waals surface area contributed by atoms with Crippen LogP contribution in [0.3, 0.4) is 0 Å². The van der Waals surface area contributed by atoms with E-state index in [0.29, 0.717) is 0 Å². The van der Waals surface area contributed by atoms with Crippen molar-refractivity contribution in [3.8, 4) is 0 Å². The van der Waals surface area contributed by atoms with Crippen LogP contribution in [0.5, 0.6) is 0 Å². The first kappa shape index (κ1) is 14.7. The highest BCUT2D eigenvalue weighted by atomic mass is 28.4. The summed E-state index contributed by atoms with van der Waals surface area (Å²) in [5.74, 6) is 0. The summed E-state index contributed by atoms with van der Waals surface area (Å²) >= 11 is 0. The summed E-state index contributed by atoms with van der Waals surface area (Å²) in [5, 5.41) is 0. The summed E-state index contributed by atoms with van der Waals surface area (Å²) in [7, 11) is -1.42. The van der Waals surface area contributed by atoms with Gasteiger partial charge in [-0.05, 0) is 38.9 Å². The van der Waals surface area contributed by atoms with Gasteiger partial charge in [0.2, 0.25) is 0 Å². The first-order chi connectivity index (χ1) is 6.99. The van der Waals surface area contributed by atoms with Gasteiger partial charge >= 0.3 is 0 Å². The van der Waals surface area contributed by atoms with Crippen molar-refractivity contribution in [1.29, 1.82) is 0 Å². The molecule has 0 amide bonds. The molecule has 0 bridgehead atoms. The van der Waals surface area contributed by atoms with Gasteiger partial charge in [0.05, 0.1) is 6.10 Å².